The van der Waals surface area contributed by atoms with Gasteiger partial charge in [0.1, 0.15) is 18.0 Å². The van der Waals surface area contributed by atoms with E-state index in [2.05, 4.69) is 36.1 Å². The first-order chi connectivity index (χ1) is 18.4. The number of halogens is 1. The number of nitrogens with one attached hydrogen (secondary N) is 4. The van der Waals surface area contributed by atoms with Gasteiger partial charge < -0.3 is 30.5 Å². The molecule has 0 fully saturated rings. The highest BCUT2D eigenvalue weighted by molar-refractivity contribution is 5.93. The molecule has 4 aromatic rings. The number of nitrogens with zero attached hydrogens (tertiary/aromatic N) is 3. The summed E-state index contributed by atoms with van der Waals surface area (Å²) in [6.07, 6.45) is 1.82. The molecular weight excluding hydrogens is 493 g/mol. The third-order valence-electron chi connectivity index (χ3n) is 5.45. The minimum absolute atomic E-state index is 0.0266. The Morgan fingerprint density at radius 3 is 2.84 bits per heavy atom. The molecule has 0 aliphatic carbocycles. The van der Waals surface area contributed by atoms with E-state index < -0.39 is 11.9 Å². The summed E-state index contributed by atoms with van der Waals surface area (Å²) in [5, 5.41) is 26.0. The van der Waals surface area contributed by atoms with Crippen molar-refractivity contribution in [3.05, 3.63) is 60.3 Å². The Labute approximate surface area is 218 Å². The van der Waals surface area contributed by atoms with Crippen LogP contribution in [-0.2, 0) is 11.2 Å². The Morgan fingerprint density at radius 1 is 1.18 bits per heavy atom. The van der Waals surface area contributed by atoms with Gasteiger partial charge in [-0.1, -0.05) is 6.07 Å². The number of ether oxygens (including phenoxy) is 2. The van der Waals surface area contributed by atoms with Crippen LogP contribution in [0.1, 0.15) is 19.0 Å². The maximum Gasteiger partial charge on any atom is 0.230 e. The van der Waals surface area contributed by atoms with Crippen molar-refractivity contribution in [2.24, 2.45) is 0 Å². The number of aliphatic hydroxyl groups excluding tert-OH is 1. The molecule has 0 aliphatic heterocycles. The topological polar surface area (TPSA) is 146 Å². The average Bonchev–Trinajstić information content (AvgIpc) is 3.32. The number of anilines is 3. The molecule has 2 aromatic heterocycles. The van der Waals surface area contributed by atoms with Crippen LogP contribution in [0.2, 0.25) is 0 Å². The van der Waals surface area contributed by atoms with E-state index in [1.807, 2.05) is 0 Å². The summed E-state index contributed by atoms with van der Waals surface area (Å²) in [5.74, 6) is 1.32. The van der Waals surface area contributed by atoms with E-state index in [1.54, 1.807) is 38.3 Å². The fraction of sp³-hybridized carbons (Fsp3) is 0.308. The van der Waals surface area contributed by atoms with Crippen LogP contribution in [0, 0.1) is 5.82 Å². The van der Waals surface area contributed by atoms with Crippen molar-refractivity contribution in [2.75, 3.05) is 37.4 Å². The molecule has 0 aliphatic rings. The monoisotopic (exact) mass is 523 g/mol. The van der Waals surface area contributed by atoms with E-state index in [0.717, 1.165) is 13.0 Å². The van der Waals surface area contributed by atoms with E-state index >= 15 is 0 Å². The van der Waals surface area contributed by atoms with Gasteiger partial charge in [-0.3, -0.25) is 9.89 Å². The number of fused-ring (bicyclic) bond motifs is 1. The lowest BCUT2D eigenvalue weighted by Gasteiger charge is -2.13. The van der Waals surface area contributed by atoms with Crippen molar-refractivity contribution in [3.63, 3.8) is 0 Å². The molecule has 2 heterocycles. The smallest absolute Gasteiger partial charge is 0.230 e. The standard InChI is InChI=1S/C26H30FN7O4/c1-16(35)14-28-7-4-8-38-23-13-21-20(12-22(23)37-2)26(30-15-29-21)32-24-10-19(33-34-24)11-25(36)31-18-6-3-5-17(27)9-18/h3,5-6,9-10,12-13,15-16,28,35H,4,7-8,11,14H2,1-2H3,(H,31,36)(H2,29,30,32,33,34)/t16-/m0/s1. The predicted molar refractivity (Wildman–Crippen MR) is 141 cm³/mol. The molecule has 0 unspecified atom stereocenters. The van der Waals surface area contributed by atoms with Crippen molar-refractivity contribution < 1.29 is 23.8 Å². The lowest BCUT2D eigenvalue weighted by Crippen LogP contribution is -2.26. The molecule has 0 saturated heterocycles. The Balaban J connectivity index is 1.40. The first kappa shape index (κ1) is 26.8. The number of aromatic nitrogens is 4. The number of benzene rings is 2. The highest BCUT2D eigenvalue weighted by Gasteiger charge is 2.14. The van der Waals surface area contributed by atoms with E-state index in [4.69, 9.17) is 9.47 Å². The van der Waals surface area contributed by atoms with Crippen molar-refractivity contribution in [3.8, 4) is 11.5 Å². The van der Waals surface area contributed by atoms with E-state index in [0.29, 0.717) is 58.6 Å². The first-order valence-corrected chi connectivity index (χ1v) is 12.1. The summed E-state index contributed by atoms with van der Waals surface area (Å²) in [5.41, 5.74) is 1.59. The zero-order chi connectivity index (χ0) is 26.9. The highest BCUT2D eigenvalue weighted by Crippen LogP contribution is 2.34. The maximum atomic E-state index is 13.3. The van der Waals surface area contributed by atoms with Gasteiger partial charge >= 0.3 is 0 Å². The summed E-state index contributed by atoms with van der Waals surface area (Å²) in [4.78, 5) is 21.0. The fourth-order valence-corrected chi connectivity index (χ4v) is 3.71. The van der Waals surface area contributed by atoms with Crippen LogP contribution >= 0.6 is 0 Å². The fourth-order valence-electron chi connectivity index (χ4n) is 3.71. The normalized spacial score (nSPS) is 11.8. The van der Waals surface area contributed by atoms with Gasteiger partial charge in [-0.15, -0.1) is 0 Å². The van der Waals surface area contributed by atoms with Crippen LogP contribution in [0.3, 0.4) is 0 Å². The molecule has 38 heavy (non-hydrogen) atoms. The second-order valence-electron chi connectivity index (χ2n) is 8.64. The average molecular weight is 524 g/mol. The van der Waals surface area contributed by atoms with Crippen LogP contribution in [0.25, 0.3) is 10.9 Å². The highest BCUT2D eigenvalue weighted by atomic mass is 19.1. The third-order valence-corrected chi connectivity index (χ3v) is 5.45. The number of rotatable bonds is 13. The van der Waals surface area contributed by atoms with Gasteiger partial charge in [0.25, 0.3) is 0 Å². The van der Waals surface area contributed by atoms with Gasteiger partial charge in [0, 0.05) is 35.4 Å². The van der Waals surface area contributed by atoms with Gasteiger partial charge in [0.15, 0.2) is 17.3 Å². The van der Waals surface area contributed by atoms with Crippen molar-refractivity contribution in [1.82, 2.24) is 25.5 Å². The Bertz CT molecular complexity index is 1380. The summed E-state index contributed by atoms with van der Waals surface area (Å²) in [6.45, 7) is 3.45. The first-order valence-electron chi connectivity index (χ1n) is 12.1. The largest absolute Gasteiger partial charge is 0.493 e. The van der Waals surface area contributed by atoms with E-state index in [-0.39, 0.29) is 12.3 Å². The molecular formula is C26H30FN7O4. The molecule has 200 valence electrons. The summed E-state index contributed by atoms with van der Waals surface area (Å²) >= 11 is 0. The SMILES string of the molecule is COc1cc2c(Nc3cc(CC(=O)Nc4cccc(F)c4)[nH]n3)ncnc2cc1OCCCNC[C@H](C)O. The number of hydrogen-bond donors (Lipinski definition) is 5. The van der Waals surface area contributed by atoms with Crippen molar-refractivity contribution in [2.45, 2.75) is 25.9 Å². The second kappa shape index (κ2) is 12.8. The van der Waals surface area contributed by atoms with Gasteiger partial charge in [-0.05, 0) is 44.2 Å². The summed E-state index contributed by atoms with van der Waals surface area (Å²) in [7, 11) is 1.56. The number of methoxy groups -OCH3 is 1. The minimum Gasteiger partial charge on any atom is -0.493 e. The van der Waals surface area contributed by atoms with Crippen LogP contribution < -0.4 is 25.4 Å². The number of carbonyl (C=O) groups is 1. The maximum absolute atomic E-state index is 13.3. The molecule has 1 atom stereocenters. The summed E-state index contributed by atoms with van der Waals surface area (Å²) < 4.78 is 24.8. The molecule has 2 aromatic carbocycles. The van der Waals surface area contributed by atoms with E-state index in [1.165, 1.54) is 24.5 Å². The molecule has 0 saturated carbocycles. The quantitative estimate of drug-likeness (QED) is 0.167. The summed E-state index contributed by atoms with van der Waals surface area (Å²) in [6, 6.07) is 11.0. The Morgan fingerprint density at radius 2 is 2.05 bits per heavy atom. The molecule has 0 spiro atoms. The number of aliphatic hydroxyl groups is 1. The van der Waals surface area contributed by atoms with Gasteiger partial charge in [-0.2, -0.15) is 5.10 Å². The number of amides is 1. The molecule has 1 amide bonds. The van der Waals surface area contributed by atoms with Gasteiger partial charge in [0.05, 0.1) is 31.8 Å². The van der Waals surface area contributed by atoms with Crippen molar-refractivity contribution >= 4 is 34.1 Å². The third kappa shape index (κ3) is 7.37. The van der Waals surface area contributed by atoms with E-state index in [9.17, 15) is 14.3 Å². The zero-order valence-electron chi connectivity index (χ0n) is 21.1. The van der Waals surface area contributed by atoms with Crippen molar-refractivity contribution in [1.29, 1.82) is 0 Å². The van der Waals surface area contributed by atoms with Crippen LogP contribution in [0.15, 0.2) is 48.8 Å². The Hall–Kier alpha value is -4.29. The van der Waals surface area contributed by atoms with Crippen LogP contribution in [0.4, 0.5) is 21.7 Å². The lowest BCUT2D eigenvalue weighted by atomic mass is 10.2. The Kier molecular flexibility index (Phi) is 9.01. The van der Waals surface area contributed by atoms with Crippen LogP contribution in [-0.4, -0.2) is 64.1 Å². The number of aromatic amines is 1. The second-order valence-corrected chi connectivity index (χ2v) is 8.64. The van der Waals surface area contributed by atoms with Gasteiger partial charge in [0.2, 0.25) is 5.91 Å². The molecule has 5 N–H and O–H groups in total. The molecule has 0 radical (unpaired) electrons. The predicted octanol–water partition coefficient (Wildman–Crippen LogP) is 3.16. The number of carbonyl (C=O) groups excluding carboxylic acids is 1. The number of H-pyrrole nitrogens is 1. The zero-order valence-corrected chi connectivity index (χ0v) is 21.1. The molecule has 4 rings (SSSR count). The molecule has 12 heteroatoms. The number of hydrogen-bond acceptors (Lipinski definition) is 9. The van der Waals surface area contributed by atoms with Gasteiger partial charge in [-0.25, -0.2) is 14.4 Å². The lowest BCUT2D eigenvalue weighted by molar-refractivity contribution is -0.115. The minimum atomic E-state index is -0.426. The molecule has 11 nitrogen and oxygen atoms in total. The molecule has 0 bridgehead atoms. The van der Waals surface area contributed by atoms with Crippen LogP contribution in [0.5, 0.6) is 11.5 Å².